The smallest absolute Gasteiger partial charge is 0.0534 e. The van der Waals surface area contributed by atoms with Crippen molar-refractivity contribution >= 4 is 0 Å². The van der Waals surface area contributed by atoms with Crippen LogP contribution in [0.2, 0.25) is 0 Å². The molecule has 0 saturated carbocycles. The summed E-state index contributed by atoms with van der Waals surface area (Å²) < 4.78 is 1.99. The van der Waals surface area contributed by atoms with Crippen LogP contribution >= 0.6 is 0 Å². The lowest BCUT2D eigenvalue weighted by Crippen LogP contribution is -2.57. The lowest BCUT2D eigenvalue weighted by molar-refractivity contribution is 0.0538. The van der Waals surface area contributed by atoms with Gasteiger partial charge in [0.1, 0.15) is 0 Å². The standard InChI is InChI=1S/C14H27N5/c1-4-19-11-13(9-16-19)10-17-5-7-18(8-6-17)14(2,3)12-15/h9,11H,4-8,10,12,15H2,1-3H3. The predicted molar refractivity (Wildman–Crippen MR) is 77.9 cm³/mol. The van der Waals surface area contributed by atoms with Crippen LogP contribution in [0.3, 0.4) is 0 Å². The van der Waals surface area contributed by atoms with Crippen molar-refractivity contribution in [2.45, 2.75) is 39.4 Å². The molecule has 1 aromatic heterocycles. The van der Waals surface area contributed by atoms with E-state index in [1.165, 1.54) is 5.56 Å². The number of nitrogens with zero attached hydrogens (tertiary/aromatic N) is 4. The van der Waals surface area contributed by atoms with Crippen LogP contribution in [0.1, 0.15) is 26.3 Å². The largest absolute Gasteiger partial charge is 0.329 e. The van der Waals surface area contributed by atoms with Gasteiger partial charge < -0.3 is 5.73 Å². The Morgan fingerprint density at radius 3 is 2.47 bits per heavy atom. The van der Waals surface area contributed by atoms with E-state index in [-0.39, 0.29) is 5.54 Å². The monoisotopic (exact) mass is 265 g/mol. The maximum atomic E-state index is 5.85. The van der Waals surface area contributed by atoms with Crippen LogP contribution < -0.4 is 5.73 Å². The number of piperazine rings is 1. The average molecular weight is 265 g/mol. The van der Waals surface area contributed by atoms with Gasteiger partial charge in [0.15, 0.2) is 0 Å². The van der Waals surface area contributed by atoms with Gasteiger partial charge in [-0.15, -0.1) is 0 Å². The number of rotatable bonds is 5. The molecule has 2 rings (SSSR count). The Morgan fingerprint density at radius 2 is 1.95 bits per heavy atom. The SMILES string of the molecule is CCn1cc(CN2CCN(C(C)(C)CN)CC2)cn1. The number of aromatic nitrogens is 2. The van der Waals surface area contributed by atoms with Gasteiger partial charge in [0.25, 0.3) is 0 Å². The molecule has 19 heavy (non-hydrogen) atoms. The van der Waals surface area contributed by atoms with E-state index in [9.17, 15) is 0 Å². The highest BCUT2D eigenvalue weighted by molar-refractivity contribution is 5.04. The summed E-state index contributed by atoms with van der Waals surface area (Å²) in [5.74, 6) is 0. The van der Waals surface area contributed by atoms with Crippen molar-refractivity contribution in [2.75, 3.05) is 32.7 Å². The quantitative estimate of drug-likeness (QED) is 0.854. The van der Waals surface area contributed by atoms with Crippen LogP contribution in [0.25, 0.3) is 0 Å². The van der Waals surface area contributed by atoms with E-state index < -0.39 is 0 Å². The highest BCUT2D eigenvalue weighted by atomic mass is 15.3. The molecule has 2 heterocycles. The fourth-order valence-electron chi connectivity index (χ4n) is 2.56. The number of nitrogens with two attached hydrogens (primary N) is 1. The maximum absolute atomic E-state index is 5.85. The number of aryl methyl sites for hydroxylation is 1. The second kappa shape index (κ2) is 6.03. The van der Waals surface area contributed by atoms with E-state index in [2.05, 4.69) is 41.9 Å². The first kappa shape index (κ1) is 14.5. The molecule has 0 bridgehead atoms. The van der Waals surface area contributed by atoms with Gasteiger partial charge in [-0.3, -0.25) is 14.5 Å². The van der Waals surface area contributed by atoms with Gasteiger partial charge in [-0.05, 0) is 20.8 Å². The molecular weight excluding hydrogens is 238 g/mol. The summed E-state index contributed by atoms with van der Waals surface area (Å²) in [5, 5.41) is 4.33. The van der Waals surface area contributed by atoms with Gasteiger partial charge in [0.2, 0.25) is 0 Å². The zero-order valence-electron chi connectivity index (χ0n) is 12.5. The van der Waals surface area contributed by atoms with E-state index in [0.717, 1.165) is 45.8 Å². The molecule has 0 amide bonds. The molecule has 5 nitrogen and oxygen atoms in total. The molecule has 1 saturated heterocycles. The second-order valence-corrected chi connectivity index (χ2v) is 5.98. The molecule has 0 aromatic carbocycles. The molecule has 0 radical (unpaired) electrons. The normalized spacial score (nSPS) is 18.9. The van der Waals surface area contributed by atoms with E-state index >= 15 is 0 Å². The van der Waals surface area contributed by atoms with E-state index in [1.54, 1.807) is 0 Å². The third-order valence-corrected chi connectivity index (χ3v) is 4.14. The van der Waals surface area contributed by atoms with Crippen molar-refractivity contribution < 1.29 is 0 Å². The van der Waals surface area contributed by atoms with Gasteiger partial charge in [0.05, 0.1) is 6.20 Å². The Hall–Kier alpha value is -0.910. The van der Waals surface area contributed by atoms with Crippen molar-refractivity contribution in [1.82, 2.24) is 19.6 Å². The van der Waals surface area contributed by atoms with Gasteiger partial charge in [-0.25, -0.2) is 0 Å². The predicted octanol–water partition coefficient (Wildman–Crippen LogP) is 0.758. The van der Waals surface area contributed by atoms with Gasteiger partial charge >= 0.3 is 0 Å². The summed E-state index contributed by atoms with van der Waals surface area (Å²) >= 11 is 0. The van der Waals surface area contributed by atoms with Crippen LogP contribution in [0.15, 0.2) is 12.4 Å². The fraction of sp³-hybridized carbons (Fsp3) is 0.786. The summed E-state index contributed by atoms with van der Waals surface area (Å²) in [6.07, 6.45) is 4.13. The van der Waals surface area contributed by atoms with Crippen LogP contribution in [0.4, 0.5) is 0 Å². The number of hydrogen-bond acceptors (Lipinski definition) is 4. The van der Waals surface area contributed by atoms with Crippen LogP contribution in [-0.4, -0.2) is 57.8 Å². The first-order valence-corrected chi connectivity index (χ1v) is 7.24. The summed E-state index contributed by atoms with van der Waals surface area (Å²) in [5.41, 5.74) is 7.28. The Labute approximate surface area is 116 Å². The summed E-state index contributed by atoms with van der Waals surface area (Å²) in [6, 6.07) is 0. The van der Waals surface area contributed by atoms with Crippen molar-refractivity contribution in [3.8, 4) is 0 Å². The zero-order chi connectivity index (χ0) is 13.9. The van der Waals surface area contributed by atoms with Crippen LogP contribution in [0.5, 0.6) is 0 Å². The van der Waals surface area contributed by atoms with Crippen LogP contribution in [0, 0.1) is 0 Å². The molecule has 0 spiro atoms. The molecule has 1 aromatic rings. The van der Waals surface area contributed by atoms with E-state index in [1.807, 2.05) is 10.9 Å². The van der Waals surface area contributed by atoms with Crippen molar-refractivity contribution in [1.29, 1.82) is 0 Å². The Balaban J connectivity index is 1.83. The average Bonchev–Trinajstić information content (AvgIpc) is 2.87. The van der Waals surface area contributed by atoms with E-state index in [4.69, 9.17) is 5.73 Å². The van der Waals surface area contributed by atoms with Crippen molar-refractivity contribution in [2.24, 2.45) is 5.73 Å². The first-order chi connectivity index (χ1) is 9.05. The van der Waals surface area contributed by atoms with Crippen LogP contribution in [-0.2, 0) is 13.1 Å². The minimum absolute atomic E-state index is 0.124. The molecule has 108 valence electrons. The Bertz CT molecular complexity index is 390. The molecule has 0 aliphatic carbocycles. The minimum Gasteiger partial charge on any atom is -0.329 e. The van der Waals surface area contributed by atoms with Gasteiger partial charge in [0, 0.05) is 63.1 Å². The zero-order valence-corrected chi connectivity index (χ0v) is 12.5. The fourth-order valence-corrected chi connectivity index (χ4v) is 2.56. The molecule has 1 fully saturated rings. The minimum atomic E-state index is 0.124. The molecule has 2 N–H and O–H groups in total. The third kappa shape index (κ3) is 3.55. The van der Waals surface area contributed by atoms with E-state index in [0.29, 0.717) is 0 Å². The van der Waals surface area contributed by atoms with Crippen molar-refractivity contribution in [3.05, 3.63) is 18.0 Å². The van der Waals surface area contributed by atoms with Gasteiger partial charge in [-0.1, -0.05) is 0 Å². The highest BCUT2D eigenvalue weighted by Gasteiger charge is 2.28. The molecule has 0 unspecified atom stereocenters. The summed E-state index contributed by atoms with van der Waals surface area (Å²) in [7, 11) is 0. The highest BCUT2D eigenvalue weighted by Crippen LogP contribution is 2.16. The first-order valence-electron chi connectivity index (χ1n) is 7.24. The lowest BCUT2D eigenvalue weighted by Gasteiger charge is -2.43. The number of hydrogen-bond donors (Lipinski definition) is 1. The third-order valence-electron chi connectivity index (χ3n) is 4.14. The molecule has 1 aliphatic heterocycles. The Kier molecular flexibility index (Phi) is 4.60. The summed E-state index contributed by atoms with van der Waals surface area (Å²) in [4.78, 5) is 5.00. The maximum Gasteiger partial charge on any atom is 0.0534 e. The summed E-state index contributed by atoms with van der Waals surface area (Å²) in [6.45, 7) is 13.7. The molecule has 5 heteroatoms. The Morgan fingerprint density at radius 1 is 1.26 bits per heavy atom. The topological polar surface area (TPSA) is 50.3 Å². The molecule has 0 atom stereocenters. The van der Waals surface area contributed by atoms with Gasteiger partial charge in [-0.2, -0.15) is 5.10 Å². The molecular formula is C14H27N5. The second-order valence-electron chi connectivity index (χ2n) is 5.98. The molecule has 1 aliphatic rings. The lowest BCUT2D eigenvalue weighted by atomic mass is 10.0. The van der Waals surface area contributed by atoms with Crippen molar-refractivity contribution in [3.63, 3.8) is 0 Å².